The number of rotatable bonds is 5. The van der Waals surface area contributed by atoms with E-state index >= 15 is 0 Å². The highest BCUT2D eigenvalue weighted by atomic mass is 35.5. The zero-order valence-corrected chi connectivity index (χ0v) is 19.3. The second-order valence-corrected chi connectivity index (χ2v) is 9.10. The number of aryl methyl sites for hydroxylation is 3. The standard InChI is InChI=1S/C24H21ClFN3O2S/c1-12-8-21(29-23(30)17-6-5-16(26)10-19(17)25)32-22(12)24(31)27-11-15-4-7-20-18(9-15)13(2)14(3)28-20/h4-10,28H,11H2,1-3H3,(H,27,31)(H,29,30). The van der Waals surface area contributed by atoms with Crippen molar-refractivity contribution in [3.63, 3.8) is 0 Å². The van der Waals surface area contributed by atoms with Crippen LogP contribution in [0.4, 0.5) is 9.39 Å². The van der Waals surface area contributed by atoms with Crippen LogP contribution in [0.15, 0.2) is 42.5 Å². The number of anilines is 1. The van der Waals surface area contributed by atoms with E-state index in [-0.39, 0.29) is 16.5 Å². The van der Waals surface area contributed by atoms with Gasteiger partial charge in [0.05, 0.1) is 20.5 Å². The van der Waals surface area contributed by atoms with Crippen molar-refractivity contribution >= 4 is 50.7 Å². The first-order chi connectivity index (χ1) is 15.2. The Labute approximate surface area is 193 Å². The van der Waals surface area contributed by atoms with E-state index in [0.29, 0.717) is 16.4 Å². The molecule has 8 heteroatoms. The Morgan fingerprint density at radius 2 is 1.84 bits per heavy atom. The Balaban J connectivity index is 1.44. The van der Waals surface area contributed by atoms with Gasteiger partial charge >= 0.3 is 0 Å². The first-order valence-electron chi connectivity index (χ1n) is 9.95. The van der Waals surface area contributed by atoms with Crippen LogP contribution in [0.2, 0.25) is 5.02 Å². The van der Waals surface area contributed by atoms with E-state index in [9.17, 15) is 14.0 Å². The second-order valence-electron chi connectivity index (χ2n) is 7.64. The van der Waals surface area contributed by atoms with Crippen molar-refractivity contribution in [2.24, 2.45) is 0 Å². The van der Waals surface area contributed by atoms with Crippen LogP contribution < -0.4 is 10.6 Å². The Morgan fingerprint density at radius 1 is 1.06 bits per heavy atom. The number of H-pyrrole nitrogens is 1. The molecule has 0 aliphatic rings. The van der Waals surface area contributed by atoms with Crippen LogP contribution in [0.5, 0.6) is 0 Å². The fraction of sp³-hybridized carbons (Fsp3) is 0.167. The number of carbonyl (C=O) groups is 2. The number of halogens is 2. The van der Waals surface area contributed by atoms with E-state index in [1.165, 1.54) is 29.0 Å². The molecule has 0 saturated carbocycles. The van der Waals surface area contributed by atoms with Crippen LogP contribution in [0.25, 0.3) is 10.9 Å². The number of thiophene rings is 1. The third-order valence-electron chi connectivity index (χ3n) is 5.36. The van der Waals surface area contributed by atoms with Crippen LogP contribution in [-0.2, 0) is 6.54 Å². The number of nitrogens with one attached hydrogen (secondary N) is 3. The van der Waals surface area contributed by atoms with Crippen LogP contribution >= 0.6 is 22.9 Å². The number of benzene rings is 2. The largest absolute Gasteiger partial charge is 0.358 e. The smallest absolute Gasteiger partial charge is 0.261 e. The molecular weight excluding hydrogens is 449 g/mol. The van der Waals surface area contributed by atoms with Gasteiger partial charge in [-0.2, -0.15) is 0 Å². The third-order valence-corrected chi connectivity index (χ3v) is 6.83. The van der Waals surface area contributed by atoms with Crippen LogP contribution in [0.1, 0.15) is 42.4 Å². The summed E-state index contributed by atoms with van der Waals surface area (Å²) >= 11 is 7.14. The van der Waals surface area contributed by atoms with Crippen molar-refractivity contribution in [2.75, 3.05) is 5.32 Å². The first kappa shape index (κ1) is 22.0. The molecule has 0 spiro atoms. The summed E-state index contributed by atoms with van der Waals surface area (Å²) < 4.78 is 13.2. The highest BCUT2D eigenvalue weighted by Gasteiger charge is 2.17. The molecule has 2 aromatic heterocycles. The van der Waals surface area contributed by atoms with Gasteiger partial charge in [-0.3, -0.25) is 9.59 Å². The lowest BCUT2D eigenvalue weighted by Crippen LogP contribution is -2.22. The summed E-state index contributed by atoms with van der Waals surface area (Å²) in [6, 6.07) is 11.4. The summed E-state index contributed by atoms with van der Waals surface area (Å²) in [6.45, 7) is 6.31. The number of carbonyl (C=O) groups excluding carboxylic acids is 2. The normalized spacial score (nSPS) is 11.0. The van der Waals surface area contributed by atoms with Gasteiger partial charge in [-0.15, -0.1) is 11.3 Å². The molecule has 4 rings (SSSR count). The molecule has 0 atom stereocenters. The lowest BCUT2D eigenvalue weighted by atomic mass is 10.1. The van der Waals surface area contributed by atoms with Gasteiger partial charge in [0.25, 0.3) is 11.8 Å². The van der Waals surface area contributed by atoms with Crippen molar-refractivity contribution in [2.45, 2.75) is 27.3 Å². The molecule has 2 heterocycles. The highest BCUT2D eigenvalue weighted by Crippen LogP contribution is 2.28. The number of hydrogen-bond acceptors (Lipinski definition) is 3. The van der Waals surface area contributed by atoms with Gasteiger partial charge in [0.2, 0.25) is 0 Å². The lowest BCUT2D eigenvalue weighted by Gasteiger charge is -2.06. The number of aromatic nitrogens is 1. The SMILES string of the molecule is Cc1cc(NC(=O)c2ccc(F)cc2Cl)sc1C(=O)NCc1ccc2[nH]c(C)c(C)c2c1. The van der Waals surface area contributed by atoms with Crippen molar-refractivity contribution in [3.8, 4) is 0 Å². The van der Waals surface area contributed by atoms with Crippen LogP contribution in [-0.4, -0.2) is 16.8 Å². The average molecular weight is 470 g/mol. The minimum atomic E-state index is -0.515. The molecule has 0 saturated heterocycles. The molecule has 0 aliphatic carbocycles. The highest BCUT2D eigenvalue weighted by molar-refractivity contribution is 7.18. The van der Waals surface area contributed by atoms with Crippen molar-refractivity contribution in [1.82, 2.24) is 10.3 Å². The van der Waals surface area contributed by atoms with Gasteiger partial charge in [-0.05, 0) is 73.9 Å². The van der Waals surface area contributed by atoms with Crippen molar-refractivity contribution < 1.29 is 14.0 Å². The Kier molecular flexibility index (Phi) is 6.04. The zero-order chi connectivity index (χ0) is 23.0. The molecule has 164 valence electrons. The van der Waals surface area contributed by atoms with Crippen LogP contribution in [0, 0.1) is 26.6 Å². The van der Waals surface area contributed by atoms with Crippen molar-refractivity contribution in [1.29, 1.82) is 0 Å². The maximum atomic E-state index is 13.2. The minimum absolute atomic E-state index is 0.0265. The van der Waals surface area contributed by atoms with E-state index in [1.807, 2.05) is 26.0 Å². The van der Waals surface area contributed by atoms with Gasteiger partial charge < -0.3 is 15.6 Å². The van der Waals surface area contributed by atoms with E-state index in [0.717, 1.165) is 33.8 Å². The molecule has 0 fully saturated rings. The molecule has 3 N–H and O–H groups in total. The molecule has 2 amide bonds. The molecule has 0 bridgehead atoms. The first-order valence-corrected chi connectivity index (χ1v) is 11.1. The van der Waals surface area contributed by atoms with Gasteiger partial charge in [0.15, 0.2) is 0 Å². The number of amides is 2. The number of fused-ring (bicyclic) bond motifs is 1. The summed E-state index contributed by atoms with van der Waals surface area (Å²) in [6.07, 6.45) is 0. The Bertz CT molecular complexity index is 1360. The quantitative estimate of drug-likeness (QED) is 0.329. The van der Waals surface area contributed by atoms with Gasteiger partial charge in [-0.1, -0.05) is 17.7 Å². The number of aromatic amines is 1. The Hall–Kier alpha value is -3.16. The Morgan fingerprint density at radius 3 is 2.59 bits per heavy atom. The predicted octanol–water partition coefficient (Wildman–Crippen LogP) is 6.13. The molecule has 0 unspecified atom stereocenters. The van der Waals surface area contributed by atoms with E-state index in [1.54, 1.807) is 6.07 Å². The fourth-order valence-electron chi connectivity index (χ4n) is 3.50. The summed E-state index contributed by atoms with van der Waals surface area (Å²) in [5, 5.41) is 7.36. The molecule has 0 radical (unpaired) electrons. The molecule has 2 aromatic carbocycles. The molecule has 32 heavy (non-hydrogen) atoms. The monoisotopic (exact) mass is 469 g/mol. The van der Waals surface area contributed by atoms with Gasteiger partial charge in [0, 0.05) is 23.1 Å². The molecule has 5 nitrogen and oxygen atoms in total. The van der Waals surface area contributed by atoms with Crippen molar-refractivity contribution in [3.05, 3.63) is 86.1 Å². The molecule has 0 aliphatic heterocycles. The topological polar surface area (TPSA) is 74.0 Å². The second kappa shape index (κ2) is 8.76. The third kappa shape index (κ3) is 4.40. The average Bonchev–Trinajstić information content (AvgIpc) is 3.24. The van der Waals surface area contributed by atoms with E-state index in [2.05, 4.69) is 28.6 Å². The number of hydrogen-bond donors (Lipinski definition) is 3. The fourth-order valence-corrected chi connectivity index (χ4v) is 4.74. The van der Waals surface area contributed by atoms with Gasteiger partial charge in [0.1, 0.15) is 5.82 Å². The summed E-state index contributed by atoms with van der Waals surface area (Å²) in [4.78, 5) is 29.1. The zero-order valence-electron chi connectivity index (χ0n) is 17.7. The predicted molar refractivity (Wildman–Crippen MR) is 127 cm³/mol. The lowest BCUT2D eigenvalue weighted by molar-refractivity contribution is 0.0953. The molecule has 4 aromatic rings. The van der Waals surface area contributed by atoms with Crippen LogP contribution in [0.3, 0.4) is 0 Å². The van der Waals surface area contributed by atoms with Gasteiger partial charge in [-0.25, -0.2) is 4.39 Å². The van der Waals surface area contributed by atoms with E-state index in [4.69, 9.17) is 11.6 Å². The summed E-state index contributed by atoms with van der Waals surface area (Å²) in [7, 11) is 0. The molecular formula is C24H21ClFN3O2S. The van der Waals surface area contributed by atoms with E-state index < -0.39 is 11.7 Å². The maximum Gasteiger partial charge on any atom is 0.261 e. The minimum Gasteiger partial charge on any atom is -0.358 e. The maximum absolute atomic E-state index is 13.2. The summed E-state index contributed by atoms with van der Waals surface area (Å²) in [5.74, 6) is -1.19. The summed E-state index contributed by atoms with van der Waals surface area (Å²) in [5.41, 5.74) is 5.32.